The summed E-state index contributed by atoms with van der Waals surface area (Å²) in [6.07, 6.45) is 0. The van der Waals surface area contributed by atoms with E-state index in [4.69, 9.17) is 4.74 Å². The second-order valence-electron chi connectivity index (χ2n) is 6.24. The number of thiophene rings is 1. The molecule has 1 aromatic carbocycles. The van der Waals surface area contributed by atoms with Gasteiger partial charge in [-0.05, 0) is 42.6 Å². The molecule has 0 aliphatic carbocycles. The molecular formula is C20H20N4O4S. The lowest BCUT2D eigenvalue weighted by Gasteiger charge is -2.17. The third-order valence-electron chi connectivity index (χ3n) is 4.12. The van der Waals surface area contributed by atoms with Crippen molar-refractivity contribution in [2.24, 2.45) is 0 Å². The summed E-state index contributed by atoms with van der Waals surface area (Å²) in [5.41, 5.74) is 1.12. The van der Waals surface area contributed by atoms with E-state index in [-0.39, 0.29) is 11.5 Å². The van der Waals surface area contributed by atoms with Gasteiger partial charge in [0.25, 0.3) is 5.56 Å². The Kier molecular flexibility index (Phi) is 6.08. The summed E-state index contributed by atoms with van der Waals surface area (Å²) in [5, 5.41) is 11.6. The average Bonchev–Trinajstić information content (AvgIpc) is 3.22. The quantitative estimate of drug-likeness (QED) is 0.648. The Morgan fingerprint density at radius 3 is 2.62 bits per heavy atom. The summed E-state index contributed by atoms with van der Waals surface area (Å²) in [4.78, 5) is 37.3. The van der Waals surface area contributed by atoms with Crippen LogP contribution >= 0.6 is 11.3 Å². The fourth-order valence-electron chi connectivity index (χ4n) is 2.69. The Bertz CT molecular complexity index is 1090. The number of aromatic nitrogens is 2. The van der Waals surface area contributed by atoms with E-state index in [1.54, 1.807) is 31.2 Å². The molecule has 29 heavy (non-hydrogen) atoms. The number of hydrogen-bond donors (Lipinski definition) is 2. The second kappa shape index (κ2) is 8.70. The minimum atomic E-state index is -0.864. The Labute approximate surface area is 171 Å². The maximum atomic E-state index is 12.8. The summed E-state index contributed by atoms with van der Waals surface area (Å²) < 4.78 is 6.42. The van der Waals surface area contributed by atoms with Crippen LogP contribution < -0.4 is 20.9 Å². The van der Waals surface area contributed by atoms with Crippen LogP contribution in [0.25, 0.3) is 10.6 Å². The van der Waals surface area contributed by atoms with Gasteiger partial charge < -0.3 is 15.4 Å². The maximum Gasteiger partial charge on any atom is 0.267 e. The molecule has 3 rings (SSSR count). The molecule has 0 fully saturated rings. The normalized spacial score (nSPS) is 11.6. The van der Waals surface area contributed by atoms with Gasteiger partial charge in [-0.3, -0.25) is 14.4 Å². The van der Waals surface area contributed by atoms with Crippen molar-refractivity contribution in [2.45, 2.75) is 19.9 Å². The lowest BCUT2D eigenvalue weighted by Crippen LogP contribution is -2.33. The van der Waals surface area contributed by atoms with Crippen molar-refractivity contribution in [1.82, 2.24) is 9.78 Å². The summed E-state index contributed by atoms with van der Waals surface area (Å²) in [7, 11) is 1.48. The van der Waals surface area contributed by atoms with Gasteiger partial charge in [0.2, 0.25) is 11.8 Å². The van der Waals surface area contributed by atoms with Crippen molar-refractivity contribution < 1.29 is 14.3 Å². The average molecular weight is 412 g/mol. The molecule has 0 bridgehead atoms. The van der Waals surface area contributed by atoms with Crippen LogP contribution in [0.5, 0.6) is 5.75 Å². The fraction of sp³-hybridized carbons (Fsp3) is 0.200. The summed E-state index contributed by atoms with van der Waals surface area (Å²) in [6.45, 7) is 2.98. The van der Waals surface area contributed by atoms with Gasteiger partial charge in [0.15, 0.2) is 0 Å². The standard InChI is InChI=1S/C20H20N4O4S/c1-12(24-19(26)9-7-15(23-24)18-5-4-10-29-18)20(27)22-16-11-14(21-13(2)25)6-8-17(16)28-3/h4-12H,1-3H3,(H,21,25)(H,22,27). The van der Waals surface area contributed by atoms with E-state index in [0.29, 0.717) is 22.8 Å². The molecular weight excluding hydrogens is 392 g/mol. The first-order chi connectivity index (χ1) is 13.9. The summed E-state index contributed by atoms with van der Waals surface area (Å²) >= 11 is 1.50. The molecule has 0 aliphatic heterocycles. The lowest BCUT2D eigenvalue weighted by atomic mass is 10.2. The molecule has 0 radical (unpaired) electrons. The number of methoxy groups -OCH3 is 1. The number of hydrogen-bond acceptors (Lipinski definition) is 6. The van der Waals surface area contributed by atoms with Crippen molar-refractivity contribution in [1.29, 1.82) is 0 Å². The second-order valence-corrected chi connectivity index (χ2v) is 7.19. The number of amides is 2. The van der Waals surface area contributed by atoms with Gasteiger partial charge in [-0.25, -0.2) is 4.68 Å². The number of carbonyl (C=O) groups excluding carboxylic acids is 2. The van der Waals surface area contributed by atoms with Crippen LogP contribution in [0.15, 0.2) is 52.6 Å². The highest BCUT2D eigenvalue weighted by Gasteiger charge is 2.20. The van der Waals surface area contributed by atoms with Gasteiger partial charge in [-0.15, -0.1) is 11.3 Å². The third-order valence-corrected chi connectivity index (χ3v) is 5.02. The molecule has 2 amide bonds. The Morgan fingerprint density at radius 2 is 1.97 bits per heavy atom. The molecule has 1 unspecified atom stereocenters. The Morgan fingerprint density at radius 1 is 1.17 bits per heavy atom. The van der Waals surface area contributed by atoms with Crippen molar-refractivity contribution in [3.8, 4) is 16.3 Å². The van der Waals surface area contributed by atoms with Gasteiger partial charge in [0.05, 0.1) is 17.7 Å². The van der Waals surface area contributed by atoms with Gasteiger partial charge in [-0.2, -0.15) is 5.10 Å². The molecule has 0 aliphatic rings. The first-order valence-corrected chi connectivity index (χ1v) is 9.67. The maximum absolute atomic E-state index is 12.8. The smallest absolute Gasteiger partial charge is 0.267 e. The molecule has 1 atom stereocenters. The number of rotatable bonds is 6. The van der Waals surface area contributed by atoms with E-state index in [9.17, 15) is 14.4 Å². The number of nitrogens with one attached hydrogen (secondary N) is 2. The highest BCUT2D eigenvalue weighted by Crippen LogP contribution is 2.28. The van der Waals surface area contributed by atoms with E-state index < -0.39 is 11.9 Å². The van der Waals surface area contributed by atoms with Crippen LogP contribution in [-0.2, 0) is 9.59 Å². The number of benzene rings is 1. The molecule has 0 saturated carbocycles. The Balaban J connectivity index is 1.87. The molecule has 0 spiro atoms. The zero-order valence-electron chi connectivity index (χ0n) is 16.1. The minimum absolute atomic E-state index is 0.234. The van der Waals surface area contributed by atoms with Crippen molar-refractivity contribution >= 4 is 34.5 Å². The monoisotopic (exact) mass is 412 g/mol. The number of ether oxygens (including phenoxy) is 1. The molecule has 150 valence electrons. The first-order valence-electron chi connectivity index (χ1n) is 8.79. The number of nitrogens with zero attached hydrogens (tertiary/aromatic N) is 2. The zero-order chi connectivity index (χ0) is 21.0. The van der Waals surface area contributed by atoms with Crippen LogP contribution in [0.1, 0.15) is 19.9 Å². The van der Waals surface area contributed by atoms with E-state index in [1.807, 2.05) is 17.5 Å². The van der Waals surface area contributed by atoms with Crippen LogP contribution in [0.2, 0.25) is 0 Å². The molecule has 8 nitrogen and oxygen atoms in total. The fourth-order valence-corrected chi connectivity index (χ4v) is 3.38. The highest BCUT2D eigenvalue weighted by atomic mass is 32.1. The minimum Gasteiger partial charge on any atom is -0.495 e. The van der Waals surface area contributed by atoms with Gasteiger partial charge in [0, 0.05) is 18.7 Å². The van der Waals surface area contributed by atoms with Crippen LogP contribution in [-0.4, -0.2) is 28.7 Å². The molecule has 2 heterocycles. The largest absolute Gasteiger partial charge is 0.495 e. The SMILES string of the molecule is COc1ccc(NC(C)=O)cc1NC(=O)C(C)n1nc(-c2cccs2)ccc1=O. The predicted molar refractivity (Wildman–Crippen MR) is 112 cm³/mol. The molecule has 3 aromatic rings. The van der Waals surface area contributed by atoms with Crippen molar-refractivity contribution in [2.75, 3.05) is 17.7 Å². The Hall–Kier alpha value is -3.46. The van der Waals surface area contributed by atoms with Crippen molar-refractivity contribution in [3.05, 3.63) is 58.2 Å². The van der Waals surface area contributed by atoms with E-state index in [1.165, 1.54) is 31.4 Å². The van der Waals surface area contributed by atoms with Crippen LogP contribution in [0, 0.1) is 0 Å². The van der Waals surface area contributed by atoms with E-state index in [0.717, 1.165) is 9.56 Å². The molecule has 2 N–H and O–H groups in total. The number of carbonyl (C=O) groups is 2. The topological polar surface area (TPSA) is 102 Å². The molecule has 0 saturated heterocycles. The zero-order valence-corrected chi connectivity index (χ0v) is 16.9. The summed E-state index contributed by atoms with van der Waals surface area (Å²) in [6, 6.07) is 10.8. The first kappa shape index (κ1) is 20.3. The van der Waals surface area contributed by atoms with E-state index in [2.05, 4.69) is 15.7 Å². The lowest BCUT2D eigenvalue weighted by molar-refractivity contribution is -0.119. The number of anilines is 2. The summed E-state index contributed by atoms with van der Waals surface area (Å²) in [5.74, 6) is -0.254. The van der Waals surface area contributed by atoms with E-state index >= 15 is 0 Å². The molecule has 2 aromatic heterocycles. The van der Waals surface area contributed by atoms with Crippen LogP contribution in [0.4, 0.5) is 11.4 Å². The predicted octanol–water partition coefficient (Wildman–Crippen LogP) is 3.14. The molecule has 9 heteroatoms. The van der Waals surface area contributed by atoms with Gasteiger partial charge in [0.1, 0.15) is 17.5 Å². The van der Waals surface area contributed by atoms with Gasteiger partial charge in [-0.1, -0.05) is 6.07 Å². The van der Waals surface area contributed by atoms with Gasteiger partial charge >= 0.3 is 0 Å². The van der Waals surface area contributed by atoms with Crippen molar-refractivity contribution in [3.63, 3.8) is 0 Å². The highest BCUT2D eigenvalue weighted by molar-refractivity contribution is 7.13. The van der Waals surface area contributed by atoms with Crippen LogP contribution in [0.3, 0.4) is 0 Å². The third kappa shape index (κ3) is 4.69.